The second kappa shape index (κ2) is 6.37. The van der Waals surface area contributed by atoms with E-state index in [-0.39, 0.29) is 0 Å². The summed E-state index contributed by atoms with van der Waals surface area (Å²) in [7, 11) is 0. The van der Waals surface area contributed by atoms with Gasteiger partial charge in [0.1, 0.15) is 5.82 Å². The van der Waals surface area contributed by atoms with Gasteiger partial charge in [-0.05, 0) is 31.2 Å². The fraction of sp³-hybridized carbons (Fsp3) is 0.353. The monoisotopic (exact) mass is 342 g/mol. The minimum atomic E-state index is 0.746. The van der Waals surface area contributed by atoms with Crippen LogP contribution in [0.3, 0.4) is 0 Å². The fourth-order valence-electron chi connectivity index (χ4n) is 3.19. The van der Waals surface area contributed by atoms with Gasteiger partial charge in [-0.25, -0.2) is 4.98 Å². The van der Waals surface area contributed by atoms with Gasteiger partial charge in [0, 0.05) is 48.5 Å². The van der Waals surface area contributed by atoms with Crippen molar-refractivity contribution in [3.05, 3.63) is 47.1 Å². The average Bonchev–Trinajstić information content (AvgIpc) is 3.00. The zero-order valence-corrected chi connectivity index (χ0v) is 14.3. The third kappa shape index (κ3) is 3.07. The van der Waals surface area contributed by atoms with Crippen LogP contribution in [0.2, 0.25) is 5.02 Å². The number of nitrogens with one attached hydrogen (secondary N) is 1. The summed E-state index contributed by atoms with van der Waals surface area (Å²) >= 11 is 6.17. The molecule has 4 rings (SSSR count). The zero-order valence-electron chi connectivity index (χ0n) is 13.5. The number of rotatable bonds is 3. The predicted molar refractivity (Wildman–Crippen MR) is 95.4 cm³/mol. The Labute approximate surface area is 145 Å². The summed E-state index contributed by atoms with van der Waals surface area (Å²) in [6, 6.07) is 7.94. The van der Waals surface area contributed by atoms with Crippen molar-refractivity contribution < 1.29 is 0 Å². The van der Waals surface area contributed by atoms with E-state index in [1.54, 1.807) is 0 Å². The number of benzene rings is 1. The van der Waals surface area contributed by atoms with Crippen LogP contribution in [-0.4, -0.2) is 51.2 Å². The molecule has 3 aromatic rings. The van der Waals surface area contributed by atoms with Gasteiger partial charge in [-0.1, -0.05) is 11.6 Å². The van der Waals surface area contributed by atoms with E-state index >= 15 is 0 Å². The summed E-state index contributed by atoms with van der Waals surface area (Å²) in [6.45, 7) is 6.62. The topological polar surface area (TPSA) is 60.9 Å². The van der Waals surface area contributed by atoms with Crippen molar-refractivity contribution in [1.29, 1.82) is 0 Å². The molecule has 0 spiro atoms. The minimum Gasteiger partial charge on any atom is -0.368 e. The van der Waals surface area contributed by atoms with Gasteiger partial charge in [0.25, 0.3) is 0 Å². The van der Waals surface area contributed by atoms with Gasteiger partial charge in [0.15, 0.2) is 5.82 Å². The first-order valence-corrected chi connectivity index (χ1v) is 8.46. The molecule has 1 aromatic carbocycles. The molecule has 1 aliphatic rings. The van der Waals surface area contributed by atoms with Gasteiger partial charge in [0.05, 0.1) is 12.1 Å². The highest BCUT2D eigenvalue weighted by Crippen LogP contribution is 2.28. The van der Waals surface area contributed by atoms with E-state index in [0.29, 0.717) is 0 Å². The molecule has 0 radical (unpaired) electrons. The van der Waals surface area contributed by atoms with Crippen molar-refractivity contribution in [2.75, 3.05) is 31.1 Å². The van der Waals surface area contributed by atoms with E-state index < -0.39 is 0 Å². The van der Waals surface area contributed by atoms with Crippen molar-refractivity contribution in [1.82, 2.24) is 25.1 Å². The number of aromatic amines is 1. The van der Waals surface area contributed by atoms with E-state index in [2.05, 4.69) is 36.0 Å². The van der Waals surface area contributed by atoms with Crippen LogP contribution in [0.25, 0.3) is 10.9 Å². The lowest BCUT2D eigenvalue weighted by Crippen LogP contribution is -2.46. The van der Waals surface area contributed by atoms with Gasteiger partial charge >= 0.3 is 0 Å². The van der Waals surface area contributed by atoms with Crippen LogP contribution in [0.15, 0.2) is 30.5 Å². The Balaban J connectivity index is 1.49. The van der Waals surface area contributed by atoms with Crippen LogP contribution < -0.4 is 4.90 Å². The summed E-state index contributed by atoms with van der Waals surface area (Å²) in [4.78, 5) is 13.6. The summed E-state index contributed by atoms with van der Waals surface area (Å²) in [5.74, 6) is 1.73. The standard InChI is InChI=1S/C17H19ClN6/c1-12-20-17(22-21-12)11-23-6-8-24(9-7-23)16-4-5-19-15-3-2-13(18)10-14(15)16/h2-5,10H,6-9,11H2,1H3,(H,20,21,22). The maximum Gasteiger partial charge on any atom is 0.164 e. The largest absolute Gasteiger partial charge is 0.368 e. The Morgan fingerprint density at radius 3 is 2.75 bits per heavy atom. The van der Waals surface area contributed by atoms with Gasteiger partial charge in [-0.2, -0.15) is 5.10 Å². The maximum atomic E-state index is 6.17. The first-order valence-electron chi connectivity index (χ1n) is 8.08. The molecule has 0 unspecified atom stereocenters. The number of H-pyrrole nitrogens is 1. The molecule has 1 aliphatic heterocycles. The molecule has 24 heavy (non-hydrogen) atoms. The summed E-state index contributed by atoms with van der Waals surface area (Å²) in [6.07, 6.45) is 1.87. The van der Waals surface area contributed by atoms with E-state index in [1.165, 1.54) is 5.69 Å². The lowest BCUT2D eigenvalue weighted by atomic mass is 10.1. The number of aryl methyl sites for hydroxylation is 1. The molecule has 6 nitrogen and oxygen atoms in total. The molecule has 1 N–H and O–H groups in total. The Bertz CT molecular complexity index is 853. The molecule has 3 heterocycles. The number of piperazine rings is 1. The van der Waals surface area contributed by atoms with Gasteiger partial charge in [0.2, 0.25) is 0 Å². The highest BCUT2D eigenvalue weighted by Gasteiger charge is 2.20. The van der Waals surface area contributed by atoms with Crippen LogP contribution in [-0.2, 0) is 6.54 Å². The minimum absolute atomic E-state index is 0.746. The van der Waals surface area contributed by atoms with Crippen molar-refractivity contribution in [3.8, 4) is 0 Å². The molecular formula is C17H19ClN6. The summed E-state index contributed by atoms with van der Waals surface area (Å²) in [5, 5.41) is 8.98. The Hall–Kier alpha value is -2.18. The van der Waals surface area contributed by atoms with Crippen LogP contribution in [0, 0.1) is 6.92 Å². The van der Waals surface area contributed by atoms with Crippen LogP contribution in [0.4, 0.5) is 5.69 Å². The fourth-order valence-corrected chi connectivity index (χ4v) is 3.36. The number of halogens is 1. The second-order valence-electron chi connectivity index (χ2n) is 6.09. The lowest BCUT2D eigenvalue weighted by molar-refractivity contribution is 0.244. The molecule has 124 valence electrons. The molecule has 0 atom stereocenters. The SMILES string of the molecule is Cc1nc(CN2CCN(c3ccnc4ccc(Cl)cc34)CC2)n[nH]1. The molecule has 2 aromatic heterocycles. The highest BCUT2D eigenvalue weighted by atomic mass is 35.5. The van der Waals surface area contributed by atoms with Gasteiger partial charge in [-0.3, -0.25) is 15.0 Å². The van der Waals surface area contributed by atoms with Crippen molar-refractivity contribution in [2.24, 2.45) is 0 Å². The molecule has 7 heteroatoms. The lowest BCUT2D eigenvalue weighted by Gasteiger charge is -2.36. The molecule has 1 saturated heterocycles. The van der Waals surface area contributed by atoms with E-state index in [1.807, 2.05) is 31.3 Å². The Morgan fingerprint density at radius 2 is 2.00 bits per heavy atom. The molecule has 0 bridgehead atoms. The number of aromatic nitrogens is 4. The number of hydrogen-bond donors (Lipinski definition) is 1. The van der Waals surface area contributed by atoms with Crippen molar-refractivity contribution in [2.45, 2.75) is 13.5 Å². The first-order chi connectivity index (χ1) is 11.7. The third-order valence-electron chi connectivity index (χ3n) is 4.40. The van der Waals surface area contributed by atoms with Crippen molar-refractivity contribution in [3.63, 3.8) is 0 Å². The quantitative estimate of drug-likeness (QED) is 0.793. The molecule has 1 fully saturated rings. The smallest absolute Gasteiger partial charge is 0.164 e. The van der Waals surface area contributed by atoms with Crippen LogP contribution >= 0.6 is 11.6 Å². The number of pyridine rings is 1. The second-order valence-corrected chi connectivity index (χ2v) is 6.53. The number of anilines is 1. The molecule has 0 aliphatic carbocycles. The summed E-state index contributed by atoms with van der Waals surface area (Å²) < 4.78 is 0. The van der Waals surface area contributed by atoms with E-state index in [0.717, 1.165) is 60.3 Å². The zero-order chi connectivity index (χ0) is 16.5. The van der Waals surface area contributed by atoms with Crippen LogP contribution in [0.1, 0.15) is 11.6 Å². The van der Waals surface area contributed by atoms with Gasteiger partial charge < -0.3 is 4.90 Å². The Kier molecular flexibility index (Phi) is 4.08. The van der Waals surface area contributed by atoms with Crippen molar-refractivity contribution >= 4 is 28.2 Å². The number of fused-ring (bicyclic) bond motifs is 1. The average molecular weight is 343 g/mol. The maximum absolute atomic E-state index is 6.17. The first kappa shape index (κ1) is 15.4. The van der Waals surface area contributed by atoms with E-state index in [9.17, 15) is 0 Å². The summed E-state index contributed by atoms with van der Waals surface area (Å²) in [5.41, 5.74) is 2.19. The van der Waals surface area contributed by atoms with Gasteiger partial charge in [-0.15, -0.1) is 0 Å². The highest BCUT2D eigenvalue weighted by molar-refractivity contribution is 6.31. The molecule has 0 saturated carbocycles. The number of nitrogens with zero attached hydrogens (tertiary/aromatic N) is 5. The van der Waals surface area contributed by atoms with E-state index in [4.69, 9.17) is 11.6 Å². The third-order valence-corrected chi connectivity index (χ3v) is 4.64. The number of hydrogen-bond acceptors (Lipinski definition) is 5. The molecular weight excluding hydrogens is 324 g/mol. The normalized spacial score (nSPS) is 16.0. The molecule has 0 amide bonds. The predicted octanol–water partition coefficient (Wildman–Crippen LogP) is 2.64. The van der Waals surface area contributed by atoms with Crippen LogP contribution in [0.5, 0.6) is 0 Å². The Morgan fingerprint density at radius 1 is 1.17 bits per heavy atom.